The topological polar surface area (TPSA) is 55.1 Å². The van der Waals surface area contributed by atoms with Crippen LogP contribution in [0.15, 0.2) is 0 Å². The molecule has 3 heteroatoms. The van der Waals surface area contributed by atoms with Crippen molar-refractivity contribution in [3.8, 4) is 0 Å². The zero-order valence-corrected chi connectivity index (χ0v) is 10.0. The molecule has 15 heavy (non-hydrogen) atoms. The molecular formula is C12H24N2O. The summed E-state index contributed by atoms with van der Waals surface area (Å²) < 4.78 is 0. The van der Waals surface area contributed by atoms with E-state index in [4.69, 9.17) is 5.73 Å². The van der Waals surface area contributed by atoms with E-state index in [-0.39, 0.29) is 5.91 Å². The minimum atomic E-state index is 0.154. The molecule has 0 aromatic carbocycles. The summed E-state index contributed by atoms with van der Waals surface area (Å²) in [7, 11) is 0. The molecule has 1 rings (SSSR count). The normalized spacial score (nSPS) is 21.3. The number of hydrogen-bond donors (Lipinski definition) is 2. The molecule has 3 N–H and O–H groups in total. The van der Waals surface area contributed by atoms with E-state index in [0.29, 0.717) is 24.3 Å². The van der Waals surface area contributed by atoms with Crippen molar-refractivity contribution >= 4 is 5.91 Å². The molecule has 0 saturated heterocycles. The van der Waals surface area contributed by atoms with Crippen LogP contribution in [0.4, 0.5) is 0 Å². The van der Waals surface area contributed by atoms with E-state index < -0.39 is 0 Å². The van der Waals surface area contributed by atoms with Crippen LogP contribution >= 0.6 is 0 Å². The predicted octanol–water partition coefficient (Wildman–Crippen LogP) is 1.67. The monoisotopic (exact) mass is 212 g/mol. The Labute approximate surface area is 92.8 Å². The highest BCUT2D eigenvalue weighted by atomic mass is 16.1. The van der Waals surface area contributed by atoms with Crippen molar-refractivity contribution in [2.24, 2.45) is 17.1 Å². The van der Waals surface area contributed by atoms with Crippen molar-refractivity contribution < 1.29 is 4.79 Å². The van der Waals surface area contributed by atoms with Crippen molar-refractivity contribution in [3.63, 3.8) is 0 Å². The summed E-state index contributed by atoms with van der Waals surface area (Å²) in [6, 6.07) is 0. The van der Waals surface area contributed by atoms with E-state index in [1.807, 2.05) is 6.92 Å². The summed E-state index contributed by atoms with van der Waals surface area (Å²) in [5.74, 6) is 0.447. The van der Waals surface area contributed by atoms with Crippen molar-refractivity contribution in [1.29, 1.82) is 0 Å². The molecule has 3 nitrogen and oxygen atoms in total. The minimum absolute atomic E-state index is 0.154. The second-order valence-corrected chi connectivity index (χ2v) is 5.34. The second-order valence-electron chi connectivity index (χ2n) is 5.34. The molecule has 0 aliphatic heterocycles. The van der Waals surface area contributed by atoms with Crippen molar-refractivity contribution in [2.75, 3.05) is 13.1 Å². The first-order chi connectivity index (χ1) is 7.06. The van der Waals surface area contributed by atoms with Crippen LogP contribution in [0.1, 0.15) is 46.0 Å². The van der Waals surface area contributed by atoms with Gasteiger partial charge in [-0.1, -0.05) is 26.7 Å². The van der Waals surface area contributed by atoms with E-state index in [2.05, 4.69) is 12.2 Å². The average Bonchev–Trinajstić information content (AvgIpc) is 2.63. The summed E-state index contributed by atoms with van der Waals surface area (Å²) in [6.07, 6.45) is 5.68. The Morgan fingerprint density at radius 1 is 1.47 bits per heavy atom. The molecule has 88 valence electrons. The van der Waals surface area contributed by atoms with Gasteiger partial charge in [-0.05, 0) is 30.7 Å². The fraction of sp³-hybridized carbons (Fsp3) is 0.917. The molecule has 1 aliphatic carbocycles. The first-order valence-electron chi connectivity index (χ1n) is 6.02. The van der Waals surface area contributed by atoms with Gasteiger partial charge in [0.15, 0.2) is 0 Å². The summed E-state index contributed by atoms with van der Waals surface area (Å²) in [5.41, 5.74) is 5.83. The Bertz CT molecular complexity index is 210. The lowest BCUT2D eigenvalue weighted by Crippen LogP contribution is -2.35. The molecule has 0 bridgehead atoms. The number of hydrogen-bond acceptors (Lipinski definition) is 2. The van der Waals surface area contributed by atoms with E-state index in [1.54, 1.807) is 0 Å². The van der Waals surface area contributed by atoms with Gasteiger partial charge in [-0.25, -0.2) is 0 Å². The van der Waals surface area contributed by atoms with Crippen LogP contribution in [0.5, 0.6) is 0 Å². The molecular weight excluding hydrogens is 188 g/mol. The molecule has 1 atom stereocenters. The number of carbonyl (C=O) groups is 1. The van der Waals surface area contributed by atoms with Crippen molar-refractivity contribution in [3.05, 3.63) is 0 Å². The maximum Gasteiger partial charge on any atom is 0.220 e. The molecule has 0 heterocycles. The van der Waals surface area contributed by atoms with Crippen LogP contribution in [0.25, 0.3) is 0 Å². The molecule has 1 saturated carbocycles. The van der Waals surface area contributed by atoms with Crippen LogP contribution in [0, 0.1) is 11.3 Å². The maximum atomic E-state index is 11.5. The number of rotatable bonds is 5. The molecule has 1 amide bonds. The van der Waals surface area contributed by atoms with Crippen molar-refractivity contribution in [2.45, 2.75) is 46.0 Å². The Balaban J connectivity index is 2.21. The van der Waals surface area contributed by atoms with E-state index in [1.165, 1.54) is 25.7 Å². The summed E-state index contributed by atoms with van der Waals surface area (Å²) >= 11 is 0. The zero-order valence-electron chi connectivity index (χ0n) is 10.0. The van der Waals surface area contributed by atoms with Crippen molar-refractivity contribution in [1.82, 2.24) is 5.32 Å². The summed E-state index contributed by atoms with van der Waals surface area (Å²) in [5, 5.41) is 3.04. The molecule has 0 radical (unpaired) electrons. The number of nitrogens with two attached hydrogens (primary N) is 1. The van der Waals surface area contributed by atoms with Crippen LogP contribution in [0.2, 0.25) is 0 Å². The average molecular weight is 212 g/mol. The SMILES string of the molecule is CC(CN)CC(=O)NCC1(C)CCCC1. The third-order valence-electron chi connectivity index (χ3n) is 3.46. The molecule has 0 aromatic heterocycles. The van der Waals surface area contributed by atoms with Gasteiger partial charge in [0.25, 0.3) is 0 Å². The number of amides is 1. The predicted molar refractivity (Wildman–Crippen MR) is 62.4 cm³/mol. The summed E-state index contributed by atoms with van der Waals surface area (Å²) in [4.78, 5) is 11.5. The van der Waals surface area contributed by atoms with Crippen LogP contribution in [0.3, 0.4) is 0 Å². The van der Waals surface area contributed by atoms with Gasteiger partial charge in [0, 0.05) is 13.0 Å². The van der Waals surface area contributed by atoms with E-state index in [0.717, 1.165) is 6.54 Å². The van der Waals surface area contributed by atoms with Gasteiger partial charge in [-0.2, -0.15) is 0 Å². The highest BCUT2D eigenvalue weighted by Crippen LogP contribution is 2.36. The Kier molecular flexibility index (Phi) is 4.58. The highest BCUT2D eigenvalue weighted by molar-refractivity contribution is 5.76. The Hall–Kier alpha value is -0.570. The lowest BCUT2D eigenvalue weighted by molar-refractivity contribution is -0.122. The largest absolute Gasteiger partial charge is 0.356 e. The van der Waals surface area contributed by atoms with Crippen LogP contribution in [-0.2, 0) is 4.79 Å². The fourth-order valence-electron chi connectivity index (χ4n) is 2.19. The number of carbonyl (C=O) groups excluding carboxylic acids is 1. The molecule has 0 spiro atoms. The molecule has 1 fully saturated rings. The molecule has 0 aromatic rings. The van der Waals surface area contributed by atoms with Crippen LogP contribution in [-0.4, -0.2) is 19.0 Å². The van der Waals surface area contributed by atoms with Gasteiger partial charge >= 0.3 is 0 Å². The zero-order chi connectivity index (χ0) is 11.3. The van der Waals surface area contributed by atoms with E-state index >= 15 is 0 Å². The van der Waals surface area contributed by atoms with Gasteiger partial charge in [-0.3, -0.25) is 4.79 Å². The van der Waals surface area contributed by atoms with Gasteiger partial charge in [0.2, 0.25) is 5.91 Å². The van der Waals surface area contributed by atoms with Gasteiger partial charge in [-0.15, -0.1) is 0 Å². The minimum Gasteiger partial charge on any atom is -0.356 e. The quantitative estimate of drug-likeness (QED) is 0.728. The number of nitrogens with one attached hydrogen (secondary N) is 1. The maximum absolute atomic E-state index is 11.5. The first kappa shape index (κ1) is 12.5. The lowest BCUT2D eigenvalue weighted by atomic mass is 9.89. The van der Waals surface area contributed by atoms with Crippen LogP contribution < -0.4 is 11.1 Å². The highest BCUT2D eigenvalue weighted by Gasteiger charge is 2.28. The smallest absolute Gasteiger partial charge is 0.220 e. The third-order valence-corrected chi connectivity index (χ3v) is 3.46. The van der Waals surface area contributed by atoms with E-state index in [9.17, 15) is 4.79 Å². The second kappa shape index (κ2) is 5.50. The van der Waals surface area contributed by atoms with Gasteiger partial charge in [0.05, 0.1) is 0 Å². The lowest BCUT2D eigenvalue weighted by Gasteiger charge is -2.24. The third kappa shape index (κ3) is 4.20. The Morgan fingerprint density at radius 3 is 2.60 bits per heavy atom. The Morgan fingerprint density at radius 2 is 2.07 bits per heavy atom. The van der Waals surface area contributed by atoms with Gasteiger partial charge in [0.1, 0.15) is 0 Å². The standard InChI is InChI=1S/C12H24N2O/c1-10(8-13)7-11(15)14-9-12(2)5-3-4-6-12/h10H,3-9,13H2,1-2H3,(H,14,15). The summed E-state index contributed by atoms with van der Waals surface area (Å²) in [6.45, 7) is 5.71. The van der Waals surface area contributed by atoms with Gasteiger partial charge < -0.3 is 11.1 Å². The molecule has 1 unspecified atom stereocenters. The molecule has 1 aliphatic rings. The first-order valence-corrected chi connectivity index (χ1v) is 6.02. The fourth-order valence-corrected chi connectivity index (χ4v) is 2.19.